The summed E-state index contributed by atoms with van der Waals surface area (Å²) >= 11 is 1.38. The minimum atomic E-state index is -0.163. The maximum Gasteiger partial charge on any atom is 0.267 e. The first kappa shape index (κ1) is 15.1. The van der Waals surface area contributed by atoms with E-state index in [0.717, 1.165) is 52.0 Å². The van der Waals surface area contributed by atoms with Gasteiger partial charge in [0.15, 0.2) is 0 Å². The lowest BCUT2D eigenvalue weighted by Crippen LogP contribution is -2.13. The van der Waals surface area contributed by atoms with E-state index in [1.54, 1.807) is 0 Å². The van der Waals surface area contributed by atoms with Gasteiger partial charge in [-0.1, -0.05) is 12.1 Å². The first-order valence-electron chi connectivity index (χ1n) is 8.13. The number of hydrogen-bond donors (Lipinski definition) is 2. The molecule has 4 nitrogen and oxygen atoms in total. The Morgan fingerprint density at radius 1 is 1.29 bits per heavy atom. The number of rotatable bonds is 2. The summed E-state index contributed by atoms with van der Waals surface area (Å²) in [5.41, 5.74) is 12.3. The summed E-state index contributed by atoms with van der Waals surface area (Å²) in [6.07, 6.45) is 3.23. The molecule has 1 aliphatic rings. The molecule has 1 amide bonds. The number of carbonyl (C=O) groups excluding carboxylic acids is 1. The van der Waals surface area contributed by atoms with E-state index in [1.165, 1.54) is 16.9 Å². The van der Waals surface area contributed by atoms with Crippen LogP contribution in [0.25, 0.3) is 10.2 Å². The van der Waals surface area contributed by atoms with Gasteiger partial charge in [-0.2, -0.15) is 0 Å². The quantitative estimate of drug-likeness (QED) is 0.735. The molecule has 0 bridgehead atoms. The molecule has 0 spiro atoms. The maximum absolute atomic E-state index is 12.7. The number of benzene rings is 1. The molecule has 0 atom stereocenters. The van der Waals surface area contributed by atoms with Crippen LogP contribution in [0.15, 0.2) is 24.3 Å². The third-order valence-corrected chi connectivity index (χ3v) is 5.92. The summed E-state index contributed by atoms with van der Waals surface area (Å²) in [5, 5.41) is 3.90. The molecule has 0 saturated carbocycles. The predicted molar refractivity (Wildman–Crippen MR) is 99.9 cm³/mol. The first-order chi connectivity index (χ1) is 11.5. The summed E-state index contributed by atoms with van der Waals surface area (Å²) in [4.78, 5) is 18.8. The Hall–Kier alpha value is -2.40. The van der Waals surface area contributed by atoms with E-state index in [9.17, 15) is 4.79 Å². The van der Waals surface area contributed by atoms with Crippen LogP contribution in [-0.4, -0.2) is 10.9 Å². The Bertz CT molecular complexity index is 974. The number of nitrogen functional groups attached to an aromatic ring is 1. The molecule has 0 saturated heterocycles. The van der Waals surface area contributed by atoms with E-state index in [2.05, 4.69) is 11.4 Å². The van der Waals surface area contributed by atoms with Gasteiger partial charge in [0.05, 0.1) is 5.69 Å². The number of pyridine rings is 1. The van der Waals surface area contributed by atoms with Crippen LogP contribution in [0.5, 0.6) is 0 Å². The summed E-state index contributed by atoms with van der Waals surface area (Å²) in [6.45, 7) is 4.04. The molecule has 24 heavy (non-hydrogen) atoms. The molecular weight excluding hydrogens is 318 g/mol. The van der Waals surface area contributed by atoms with Crippen molar-refractivity contribution in [1.29, 1.82) is 0 Å². The van der Waals surface area contributed by atoms with Gasteiger partial charge in [-0.05, 0) is 61.9 Å². The highest BCUT2D eigenvalue weighted by Crippen LogP contribution is 2.36. The Balaban J connectivity index is 1.72. The molecule has 3 aromatic rings. The number of aromatic nitrogens is 1. The fourth-order valence-corrected chi connectivity index (χ4v) is 4.22. The van der Waals surface area contributed by atoms with Crippen molar-refractivity contribution in [1.82, 2.24) is 4.98 Å². The number of hydrogen-bond acceptors (Lipinski definition) is 4. The lowest BCUT2D eigenvalue weighted by Gasteiger charge is -2.09. The highest BCUT2D eigenvalue weighted by molar-refractivity contribution is 7.21. The zero-order chi connectivity index (χ0) is 16.8. The van der Waals surface area contributed by atoms with Crippen molar-refractivity contribution in [2.45, 2.75) is 33.1 Å². The van der Waals surface area contributed by atoms with Gasteiger partial charge in [-0.25, -0.2) is 4.98 Å². The van der Waals surface area contributed by atoms with Crippen molar-refractivity contribution >= 4 is 38.8 Å². The molecule has 2 heterocycles. The maximum atomic E-state index is 12.7. The van der Waals surface area contributed by atoms with Gasteiger partial charge in [0, 0.05) is 16.8 Å². The molecule has 3 N–H and O–H groups in total. The van der Waals surface area contributed by atoms with Crippen LogP contribution in [-0.2, 0) is 12.8 Å². The summed E-state index contributed by atoms with van der Waals surface area (Å²) in [7, 11) is 0. The number of thiophene rings is 1. The zero-order valence-corrected chi connectivity index (χ0v) is 14.6. The van der Waals surface area contributed by atoms with Crippen LogP contribution >= 0.6 is 11.3 Å². The highest BCUT2D eigenvalue weighted by atomic mass is 32.1. The van der Waals surface area contributed by atoms with Crippen LogP contribution in [0.3, 0.4) is 0 Å². The van der Waals surface area contributed by atoms with Crippen molar-refractivity contribution in [3.05, 3.63) is 51.5 Å². The number of nitrogens with one attached hydrogen (secondary N) is 1. The predicted octanol–water partition coefficient (Wildman–Crippen LogP) is 4.24. The average molecular weight is 337 g/mol. The third-order valence-electron chi connectivity index (χ3n) is 4.81. The van der Waals surface area contributed by atoms with E-state index in [-0.39, 0.29) is 5.91 Å². The lowest BCUT2D eigenvalue weighted by atomic mass is 10.1. The van der Waals surface area contributed by atoms with E-state index in [0.29, 0.717) is 10.6 Å². The van der Waals surface area contributed by atoms with Gasteiger partial charge in [-0.3, -0.25) is 4.79 Å². The molecule has 0 aliphatic heterocycles. The molecule has 0 fully saturated rings. The zero-order valence-electron chi connectivity index (χ0n) is 13.8. The van der Waals surface area contributed by atoms with E-state index >= 15 is 0 Å². The van der Waals surface area contributed by atoms with E-state index in [1.807, 2.05) is 32.0 Å². The smallest absolute Gasteiger partial charge is 0.267 e. The van der Waals surface area contributed by atoms with Crippen molar-refractivity contribution < 1.29 is 4.79 Å². The third kappa shape index (κ3) is 2.36. The van der Waals surface area contributed by atoms with Crippen LogP contribution in [0.2, 0.25) is 0 Å². The SMILES string of the molecule is Cc1cccc(NC(=O)c2sc3nc4c(cc3c2N)CCC4)c1C. The number of aryl methyl sites for hydroxylation is 3. The number of amides is 1. The molecule has 122 valence electrons. The van der Waals surface area contributed by atoms with Crippen molar-refractivity contribution in [3.8, 4) is 0 Å². The Kier molecular flexibility index (Phi) is 3.53. The second-order valence-corrected chi connectivity index (χ2v) is 7.35. The average Bonchev–Trinajstić information content (AvgIpc) is 3.14. The summed E-state index contributed by atoms with van der Waals surface area (Å²) < 4.78 is 0. The first-order valence-corrected chi connectivity index (χ1v) is 8.94. The Morgan fingerprint density at radius 3 is 2.96 bits per heavy atom. The Labute approximate surface area is 144 Å². The minimum Gasteiger partial charge on any atom is -0.397 e. The molecule has 4 rings (SSSR count). The number of anilines is 2. The molecular formula is C19H19N3OS. The molecule has 1 aromatic carbocycles. The van der Waals surface area contributed by atoms with Crippen LogP contribution in [0.4, 0.5) is 11.4 Å². The van der Waals surface area contributed by atoms with Gasteiger partial charge < -0.3 is 11.1 Å². The molecule has 1 aliphatic carbocycles. The van der Waals surface area contributed by atoms with E-state index in [4.69, 9.17) is 10.7 Å². The monoisotopic (exact) mass is 337 g/mol. The molecule has 0 unspecified atom stereocenters. The summed E-state index contributed by atoms with van der Waals surface area (Å²) in [5.74, 6) is -0.163. The van der Waals surface area contributed by atoms with Gasteiger partial charge >= 0.3 is 0 Å². The van der Waals surface area contributed by atoms with Crippen molar-refractivity contribution in [2.75, 3.05) is 11.1 Å². The second kappa shape index (κ2) is 5.60. The molecule has 5 heteroatoms. The normalized spacial score (nSPS) is 13.2. The van der Waals surface area contributed by atoms with Crippen LogP contribution in [0.1, 0.15) is 38.5 Å². The van der Waals surface area contributed by atoms with Crippen LogP contribution in [0, 0.1) is 13.8 Å². The van der Waals surface area contributed by atoms with Crippen molar-refractivity contribution in [2.24, 2.45) is 0 Å². The van der Waals surface area contributed by atoms with Crippen LogP contribution < -0.4 is 11.1 Å². The van der Waals surface area contributed by atoms with Gasteiger partial charge in [-0.15, -0.1) is 11.3 Å². The topological polar surface area (TPSA) is 68.0 Å². The largest absolute Gasteiger partial charge is 0.397 e. The Morgan fingerprint density at radius 2 is 2.12 bits per heavy atom. The second-order valence-electron chi connectivity index (χ2n) is 6.35. The molecule has 2 aromatic heterocycles. The fraction of sp³-hybridized carbons (Fsp3) is 0.263. The fourth-order valence-electron chi connectivity index (χ4n) is 3.23. The number of nitrogens with two attached hydrogens (primary N) is 1. The standard InChI is InChI=1S/C19H19N3OS/c1-10-5-3-7-14(11(10)2)21-18(23)17-16(20)13-9-12-6-4-8-15(12)22-19(13)24-17/h3,5,7,9H,4,6,8,20H2,1-2H3,(H,21,23). The minimum absolute atomic E-state index is 0.163. The van der Waals surface area contributed by atoms with E-state index < -0.39 is 0 Å². The van der Waals surface area contributed by atoms with Gasteiger partial charge in [0.1, 0.15) is 9.71 Å². The number of nitrogens with zero attached hydrogens (tertiary/aromatic N) is 1. The number of fused-ring (bicyclic) bond motifs is 2. The van der Waals surface area contributed by atoms with Gasteiger partial charge in [0.25, 0.3) is 5.91 Å². The van der Waals surface area contributed by atoms with Gasteiger partial charge in [0.2, 0.25) is 0 Å². The summed E-state index contributed by atoms with van der Waals surface area (Å²) in [6, 6.07) is 8.00. The van der Waals surface area contributed by atoms with Crippen molar-refractivity contribution in [3.63, 3.8) is 0 Å². The molecule has 0 radical (unpaired) electrons. The lowest BCUT2D eigenvalue weighted by molar-refractivity contribution is 0.103. The highest BCUT2D eigenvalue weighted by Gasteiger charge is 2.21. The number of carbonyl (C=O) groups is 1.